The monoisotopic (exact) mass is 844 g/mol. The van der Waals surface area contributed by atoms with Crippen LogP contribution in [0.1, 0.15) is 284 Å². The molecule has 0 aliphatic heterocycles. The SMILES string of the molecule is CCCCCCCCCCCCCCCCC/C=C/CC/C=C/CC/C=C/C(O)C(CO)NC(=O)CC(O)CCCCCCCCCCCCCCCCCCCCCC. The van der Waals surface area contributed by atoms with Crippen molar-refractivity contribution >= 4 is 5.91 Å². The van der Waals surface area contributed by atoms with Gasteiger partial charge in [-0.05, 0) is 44.9 Å². The molecule has 0 aromatic heterocycles. The average Bonchev–Trinajstić information content (AvgIpc) is 3.24. The van der Waals surface area contributed by atoms with Gasteiger partial charge < -0.3 is 20.6 Å². The molecule has 0 saturated heterocycles. The summed E-state index contributed by atoms with van der Waals surface area (Å²) in [7, 11) is 0. The van der Waals surface area contributed by atoms with Crippen LogP contribution in [-0.2, 0) is 4.79 Å². The van der Waals surface area contributed by atoms with Gasteiger partial charge in [-0.25, -0.2) is 0 Å². The van der Waals surface area contributed by atoms with E-state index in [4.69, 9.17) is 0 Å². The minimum atomic E-state index is -0.959. The Hall–Kier alpha value is -1.43. The first-order valence-corrected chi connectivity index (χ1v) is 26.8. The Morgan fingerprint density at radius 2 is 0.717 bits per heavy atom. The molecule has 0 bridgehead atoms. The highest BCUT2D eigenvalue weighted by Gasteiger charge is 2.20. The molecule has 1 amide bonds. The molecule has 0 aliphatic rings. The lowest BCUT2D eigenvalue weighted by atomic mass is 10.0. The minimum Gasteiger partial charge on any atom is -0.394 e. The molecule has 0 rings (SSSR count). The molecule has 0 heterocycles. The molecule has 0 saturated carbocycles. The number of aliphatic hydroxyl groups excluding tert-OH is 3. The number of amides is 1. The second-order valence-electron chi connectivity index (χ2n) is 18.5. The van der Waals surface area contributed by atoms with Gasteiger partial charge in [0.2, 0.25) is 5.91 Å². The molecule has 354 valence electrons. The Morgan fingerprint density at radius 1 is 0.417 bits per heavy atom. The van der Waals surface area contributed by atoms with Crippen molar-refractivity contribution in [2.75, 3.05) is 6.61 Å². The molecule has 3 atom stereocenters. The Bertz CT molecular complexity index is 931. The van der Waals surface area contributed by atoms with Gasteiger partial charge in [0.15, 0.2) is 0 Å². The predicted molar refractivity (Wildman–Crippen MR) is 264 cm³/mol. The van der Waals surface area contributed by atoms with Gasteiger partial charge in [-0.1, -0.05) is 269 Å². The van der Waals surface area contributed by atoms with Crippen LogP contribution in [-0.4, -0.2) is 46.1 Å². The molecule has 5 heteroatoms. The van der Waals surface area contributed by atoms with Crippen LogP contribution in [0.3, 0.4) is 0 Å². The summed E-state index contributed by atoms with van der Waals surface area (Å²) in [6.07, 6.45) is 64.7. The van der Waals surface area contributed by atoms with Gasteiger partial charge >= 0.3 is 0 Å². The van der Waals surface area contributed by atoms with E-state index in [0.29, 0.717) is 6.42 Å². The molecule has 0 spiro atoms. The molecule has 3 unspecified atom stereocenters. The fraction of sp³-hybridized carbons (Fsp3) is 0.873. The average molecular weight is 844 g/mol. The van der Waals surface area contributed by atoms with Crippen LogP contribution in [0, 0.1) is 0 Å². The van der Waals surface area contributed by atoms with Gasteiger partial charge in [-0.3, -0.25) is 4.79 Å². The summed E-state index contributed by atoms with van der Waals surface area (Å²) in [5, 5.41) is 33.4. The zero-order chi connectivity index (χ0) is 43.7. The second kappa shape index (κ2) is 50.2. The maximum atomic E-state index is 12.5. The molecular weight excluding hydrogens is 739 g/mol. The van der Waals surface area contributed by atoms with E-state index in [1.807, 2.05) is 6.08 Å². The van der Waals surface area contributed by atoms with Crippen LogP contribution in [0.25, 0.3) is 0 Å². The Morgan fingerprint density at radius 3 is 1.07 bits per heavy atom. The zero-order valence-corrected chi connectivity index (χ0v) is 40.4. The van der Waals surface area contributed by atoms with Crippen molar-refractivity contribution in [3.8, 4) is 0 Å². The molecule has 4 N–H and O–H groups in total. The summed E-state index contributed by atoms with van der Waals surface area (Å²) in [6.45, 7) is 4.23. The van der Waals surface area contributed by atoms with Crippen molar-refractivity contribution in [2.45, 2.75) is 302 Å². The van der Waals surface area contributed by atoms with Crippen molar-refractivity contribution in [1.29, 1.82) is 0 Å². The lowest BCUT2D eigenvalue weighted by Crippen LogP contribution is -2.45. The van der Waals surface area contributed by atoms with E-state index in [0.717, 1.165) is 38.5 Å². The first kappa shape index (κ1) is 58.6. The van der Waals surface area contributed by atoms with Crippen molar-refractivity contribution in [3.63, 3.8) is 0 Å². The van der Waals surface area contributed by atoms with Crippen LogP contribution < -0.4 is 5.32 Å². The maximum Gasteiger partial charge on any atom is 0.222 e. The number of carbonyl (C=O) groups is 1. The second-order valence-corrected chi connectivity index (χ2v) is 18.5. The van der Waals surface area contributed by atoms with Crippen molar-refractivity contribution in [1.82, 2.24) is 5.32 Å². The quantitative estimate of drug-likeness (QED) is 0.0363. The molecule has 0 aromatic carbocycles. The van der Waals surface area contributed by atoms with Gasteiger partial charge in [0, 0.05) is 0 Å². The molecule has 60 heavy (non-hydrogen) atoms. The van der Waals surface area contributed by atoms with Gasteiger partial charge in [-0.2, -0.15) is 0 Å². The van der Waals surface area contributed by atoms with E-state index < -0.39 is 18.2 Å². The van der Waals surface area contributed by atoms with E-state index in [2.05, 4.69) is 43.5 Å². The first-order valence-electron chi connectivity index (χ1n) is 26.8. The van der Waals surface area contributed by atoms with E-state index in [1.165, 1.54) is 218 Å². The fourth-order valence-corrected chi connectivity index (χ4v) is 8.32. The smallest absolute Gasteiger partial charge is 0.222 e. The number of allylic oxidation sites excluding steroid dienone is 5. The Kier molecular flexibility index (Phi) is 49.0. The lowest BCUT2D eigenvalue weighted by Gasteiger charge is -2.21. The highest BCUT2D eigenvalue weighted by molar-refractivity contribution is 5.76. The summed E-state index contributed by atoms with van der Waals surface area (Å²) in [6, 6.07) is -0.766. The summed E-state index contributed by atoms with van der Waals surface area (Å²) >= 11 is 0. The van der Waals surface area contributed by atoms with Crippen LogP contribution in [0.2, 0.25) is 0 Å². The number of rotatable bonds is 49. The molecule has 0 radical (unpaired) electrons. The van der Waals surface area contributed by atoms with Gasteiger partial charge in [0.05, 0.1) is 31.3 Å². The number of carbonyl (C=O) groups excluding carboxylic acids is 1. The summed E-state index contributed by atoms with van der Waals surface area (Å²) in [5.41, 5.74) is 0. The number of aliphatic hydroxyl groups is 3. The third kappa shape index (κ3) is 46.1. The summed E-state index contributed by atoms with van der Waals surface area (Å²) < 4.78 is 0. The van der Waals surface area contributed by atoms with Crippen molar-refractivity contribution in [2.24, 2.45) is 0 Å². The van der Waals surface area contributed by atoms with E-state index in [9.17, 15) is 20.1 Å². The number of nitrogens with one attached hydrogen (secondary N) is 1. The van der Waals surface area contributed by atoms with Crippen molar-refractivity contribution in [3.05, 3.63) is 36.5 Å². The standard InChI is InChI=1S/C55H105NO4/c1-3-5-7-9-11-13-15-17-19-21-23-25-26-27-28-29-31-33-35-37-39-41-43-45-47-49-54(59)53(51-57)56-55(60)50-52(58)48-46-44-42-40-38-36-34-32-30-24-22-20-18-16-14-12-10-8-6-4-2/h31,33,39,41,47,49,52-54,57-59H,3-30,32,34-38,40,42-46,48,50-51H2,1-2H3,(H,56,60)/b33-31+,41-39+,49-47+. The summed E-state index contributed by atoms with van der Waals surface area (Å²) in [5.74, 6) is -0.325. The third-order valence-electron chi connectivity index (χ3n) is 12.4. The topological polar surface area (TPSA) is 89.8 Å². The largest absolute Gasteiger partial charge is 0.394 e. The highest BCUT2D eigenvalue weighted by atomic mass is 16.3. The molecule has 5 nitrogen and oxygen atoms in total. The van der Waals surface area contributed by atoms with Gasteiger partial charge in [0.25, 0.3) is 0 Å². The molecular formula is C55H105NO4. The first-order chi connectivity index (χ1) is 29.5. The van der Waals surface area contributed by atoms with E-state index in [1.54, 1.807) is 6.08 Å². The normalized spacial score (nSPS) is 13.6. The predicted octanol–water partition coefficient (Wildman–Crippen LogP) is 16.3. The molecule has 0 aromatic rings. The van der Waals surface area contributed by atoms with E-state index in [-0.39, 0.29) is 18.9 Å². The Labute approximate surface area is 374 Å². The Balaban J connectivity index is 3.64. The molecule has 0 fully saturated rings. The maximum absolute atomic E-state index is 12.5. The van der Waals surface area contributed by atoms with Crippen molar-refractivity contribution < 1.29 is 20.1 Å². The van der Waals surface area contributed by atoms with E-state index >= 15 is 0 Å². The van der Waals surface area contributed by atoms with Crippen LogP contribution in [0.4, 0.5) is 0 Å². The summed E-state index contributed by atoms with van der Waals surface area (Å²) in [4.78, 5) is 12.5. The van der Waals surface area contributed by atoms with Gasteiger partial charge in [0.1, 0.15) is 0 Å². The molecule has 0 aliphatic carbocycles. The number of hydrogen-bond acceptors (Lipinski definition) is 4. The highest BCUT2D eigenvalue weighted by Crippen LogP contribution is 2.17. The van der Waals surface area contributed by atoms with Crippen LogP contribution >= 0.6 is 0 Å². The fourth-order valence-electron chi connectivity index (χ4n) is 8.32. The lowest BCUT2D eigenvalue weighted by molar-refractivity contribution is -0.124. The van der Waals surface area contributed by atoms with Crippen LogP contribution in [0.5, 0.6) is 0 Å². The number of hydrogen-bond donors (Lipinski definition) is 4. The van der Waals surface area contributed by atoms with Crippen LogP contribution in [0.15, 0.2) is 36.5 Å². The minimum absolute atomic E-state index is 0.00551. The number of unbranched alkanes of at least 4 members (excludes halogenated alkanes) is 36. The third-order valence-corrected chi connectivity index (χ3v) is 12.4. The zero-order valence-electron chi connectivity index (χ0n) is 40.4. The van der Waals surface area contributed by atoms with Gasteiger partial charge in [-0.15, -0.1) is 0 Å².